The van der Waals surface area contributed by atoms with Gasteiger partial charge in [0.25, 0.3) is 0 Å². The highest BCUT2D eigenvalue weighted by Crippen LogP contribution is 2.13. The van der Waals surface area contributed by atoms with E-state index in [-0.39, 0.29) is 62.9 Å². The number of carboxylic acids is 1. The summed E-state index contributed by atoms with van der Waals surface area (Å²) in [6.45, 7) is 0.332. The lowest BCUT2D eigenvalue weighted by Gasteiger charge is -2.25. The maximum atomic E-state index is 13.6. The van der Waals surface area contributed by atoms with E-state index in [0.29, 0.717) is 12.0 Å². The fourth-order valence-electron chi connectivity index (χ4n) is 4.39. The second kappa shape index (κ2) is 19.1. The molecule has 0 saturated carbocycles. The van der Waals surface area contributed by atoms with Gasteiger partial charge in [0.2, 0.25) is 17.7 Å². The van der Waals surface area contributed by atoms with Gasteiger partial charge in [-0.1, -0.05) is 42.5 Å². The molecule has 250 valence electrons. The van der Waals surface area contributed by atoms with Crippen molar-refractivity contribution in [2.24, 2.45) is 38.7 Å². The first-order valence-corrected chi connectivity index (χ1v) is 14.7. The zero-order valence-electron chi connectivity index (χ0n) is 25.5. The first-order valence-electron chi connectivity index (χ1n) is 14.7. The van der Waals surface area contributed by atoms with Gasteiger partial charge in [0.05, 0.1) is 6.04 Å². The Morgan fingerprint density at radius 1 is 0.652 bits per heavy atom. The van der Waals surface area contributed by atoms with Crippen LogP contribution < -0.4 is 44.6 Å². The van der Waals surface area contributed by atoms with Crippen LogP contribution in [0.15, 0.2) is 64.6 Å². The topological polar surface area (TPSA) is 300 Å². The molecule has 0 fully saturated rings. The summed E-state index contributed by atoms with van der Waals surface area (Å²) in [6, 6.07) is 10.4. The van der Waals surface area contributed by atoms with E-state index in [4.69, 9.17) is 28.7 Å². The van der Waals surface area contributed by atoms with Crippen LogP contribution >= 0.6 is 0 Å². The SMILES string of the molecule is NC(N)=NCCCC(NC(=O)C(Cc1ccc(O)cc1)NC(=O)C(CCCN=C(N)N)NC(=O)C(N)Cc1ccccc1)C(=O)O. The predicted molar refractivity (Wildman–Crippen MR) is 173 cm³/mol. The summed E-state index contributed by atoms with van der Waals surface area (Å²) < 4.78 is 0. The van der Waals surface area contributed by atoms with Crippen molar-refractivity contribution in [3.63, 3.8) is 0 Å². The highest BCUT2D eigenvalue weighted by Gasteiger charge is 2.30. The standard InChI is InChI=1S/C30H44N10O6/c31-21(16-18-6-2-1-3-7-18)25(42)38-22(8-4-14-36-29(32)33)26(43)40-24(17-19-10-12-20(41)13-11-19)27(44)39-23(28(45)46)9-5-15-37-30(34)35/h1-3,6-7,10-13,21-24,41H,4-5,8-9,14-17,31H2,(H,38,42)(H,39,44)(H,40,43)(H,45,46)(H4,32,33,36)(H4,34,35,37). The number of hydrogen-bond donors (Lipinski definition) is 10. The number of hydrogen-bond acceptors (Lipinski definition) is 8. The molecule has 0 bridgehead atoms. The third-order valence-electron chi connectivity index (χ3n) is 6.78. The summed E-state index contributed by atoms with van der Waals surface area (Å²) in [4.78, 5) is 59.8. The van der Waals surface area contributed by atoms with Crippen LogP contribution in [0.25, 0.3) is 0 Å². The van der Waals surface area contributed by atoms with Crippen molar-refractivity contribution in [1.29, 1.82) is 0 Å². The number of aliphatic carboxylic acids is 1. The summed E-state index contributed by atoms with van der Waals surface area (Å²) in [5, 5.41) is 27.2. The zero-order chi connectivity index (χ0) is 34.1. The molecule has 2 aromatic carbocycles. The van der Waals surface area contributed by atoms with E-state index in [9.17, 15) is 29.4 Å². The number of phenolic OH excluding ortho intramolecular Hbond substituents is 1. The molecule has 16 heteroatoms. The van der Waals surface area contributed by atoms with Gasteiger partial charge in [-0.25, -0.2) is 4.79 Å². The van der Waals surface area contributed by atoms with E-state index in [1.807, 2.05) is 30.3 Å². The van der Waals surface area contributed by atoms with Crippen molar-refractivity contribution >= 4 is 35.6 Å². The Hall–Kier alpha value is -5.38. The van der Waals surface area contributed by atoms with Crippen molar-refractivity contribution in [2.45, 2.75) is 62.7 Å². The van der Waals surface area contributed by atoms with Crippen molar-refractivity contribution in [1.82, 2.24) is 16.0 Å². The predicted octanol–water partition coefficient (Wildman–Crippen LogP) is -1.85. The molecule has 15 N–H and O–H groups in total. The fourth-order valence-corrected chi connectivity index (χ4v) is 4.39. The molecule has 0 radical (unpaired) electrons. The van der Waals surface area contributed by atoms with Gasteiger partial charge in [0.1, 0.15) is 23.9 Å². The maximum Gasteiger partial charge on any atom is 0.326 e. The van der Waals surface area contributed by atoms with E-state index in [2.05, 4.69) is 25.9 Å². The number of aromatic hydroxyl groups is 1. The molecule has 4 unspecified atom stereocenters. The van der Waals surface area contributed by atoms with E-state index in [1.54, 1.807) is 12.1 Å². The van der Waals surface area contributed by atoms with Crippen molar-refractivity contribution in [3.8, 4) is 5.75 Å². The molecular formula is C30H44N10O6. The highest BCUT2D eigenvalue weighted by molar-refractivity contribution is 5.94. The van der Waals surface area contributed by atoms with Crippen LogP contribution in [-0.2, 0) is 32.0 Å². The van der Waals surface area contributed by atoms with Gasteiger partial charge in [0, 0.05) is 19.5 Å². The zero-order valence-corrected chi connectivity index (χ0v) is 25.5. The van der Waals surface area contributed by atoms with Crippen molar-refractivity contribution < 1.29 is 29.4 Å². The Balaban J connectivity index is 2.25. The molecule has 0 aromatic heterocycles. The number of carbonyl (C=O) groups excluding carboxylic acids is 3. The molecule has 0 aliphatic carbocycles. The maximum absolute atomic E-state index is 13.6. The Bertz CT molecular complexity index is 1350. The molecular weight excluding hydrogens is 596 g/mol. The molecule has 2 rings (SSSR count). The summed E-state index contributed by atoms with van der Waals surface area (Å²) >= 11 is 0. The quantitative estimate of drug-likeness (QED) is 0.0462. The third-order valence-corrected chi connectivity index (χ3v) is 6.78. The average Bonchev–Trinajstić information content (AvgIpc) is 3.00. The lowest BCUT2D eigenvalue weighted by molar-refractivity contribution is -0.142. The Morgan fingerprint density at radius 2 is 1.13 bits per heavy atom. The molecule has 0 aliphatic heterocycles. The van der Waals surface area contributed by atoms with Crippen LogP contribution in [0.4, 0.5) is 0 Å². The minimum atomic E-state index is -1.30. The van der Waals surface area contributed by atoms with E-state index < -0.39 is 47.9 Å². The van der Waals surface area contributed by atoms with Gasteiger partial charge >= 0.3 is 5.97 Å². The second-order valence-electron chi connectivity index (χ2n) is 10.6. The van der Waals surface area contributed by atoms with Gasteiger partial charge in [-0.2, -0.15) is 0 Å². The van der Waals surface area contributed by atoms with Gasteiger partial charge in [-0.3, -0.25) is 24.4 Å². The van der Waals surface area contributed by atoms with Crippen LogP contribution in [0.1, 0.15) is 36.8 Å². The molecule has 4 atom stereocenters. The molecule has 0 heterocycles. The van der Waals surface area contributed by atoms with Crippen LogP contribution in [0, 0.1) is 0 Å². The molecule has 0 saturated heterocycles. The number of nitrogens with zero attached hydrogens (tertiary/aromatic N) is 2. The number of amides is 3. The summed E-state index contributed by atoms with van der Waals surface area (Å²) in [6.07, 6.45) is 0.844. The number of carboxylic acid groups (broad SMARTS) is 1. The molecule has 0 spiro atoms. The Kier molecular flexibility index (Phi) is 15.3. The van der Waals surface area contributed by atoms with E-state index in [0.717, 1.165) is 5.56 Å². The van der Waals surface area contributed by atoms with E-state index >= 15 is 0 Å². The van der Waals surface area contributed by atoms with E-state index in [1.165, 1.54) is 12.1 Å². The van der Waals surface area contributed by atoms with Gasteiger partial charge in [-0.15, -0.1) is 0 Å². The summed E-state index contributed by atoms with van der Waals surface area (Å²) in [5.41, 5.74) is 29.0. The molecule has 46 heavy (non-hydrogen) atoms. The largest absolute Gasteiger partial charge is 0.508 e. The van der Waals surface area contributed by atoms with Crippen molar-refractivity contribution in [2.75, 3.05) is 13.1 Å². The number of rotatable bonds is 19. The molecule has 2 aromatic rings. The minimum absolute atomic E-state index is 0.00380. The first-order chi connectivity index (χ1) is 21.8. The molecule has 3 amide bonds. The fraction of sp³-hybridized carbons (Fsp3) is 0.400. The smallest absolute Gasteiger partial charge is 0.326 e. The van der Waals surface area contributed by atoms with Crippen LogP contribution in [-0.4, -0.2) is 83.1 Å². The van der Waals surface area contributed by atoms with Crippen LogP contribution in [0.5, 0.6) is 5.75 Å². The number of nitrogens with one attached hydrogen (secondary N) is 3. The summed E-state index contributed by atoms with van der Waals surface area (Å²) in [7, 11) is 0. The first kappa shape index (κ1) is 36.8. The second-order valence-corrected chi connectivity index (χ2v) is 10.6. The van der Waals surface area contributed by atoms with Gasteiger partial charge in [-0.05, 0) is 55.4 Å². The molecule has 0 aliphatic rings. The van der Waals surface area contributed by atoms with Crippen LogP contribution in [0.2, 0.25) is 0 Å². The average molecular weight is 641 g/mol. The monoisotopic (exact) mass is 640 g/mol. The number of phenols is 1. The molecule has 16 nitrogen and oxygen atoms in total. The Morgan fingerprint density at radius 3 is 1.67 bits per heavy atom. The lowest BCUT2D eigenvalue weighted by Crippen LogP contribution is -2.57. The summed E-state index contributed by atoms with van der Waals surface area (Å²) in [5.74, 6) is -3.64. The Labute approximate surface area is 266 Å². The normalized spacial score (nSPS) is 13.2. The number of guanidine groups is 2. The van der Waals surface area contributed by atoms with Crippen molar-refractivity contribution in [3.05, 3.63) is 65.7 Å². The van der Waals surface area contributed by atoms with Gasteiger partial charge < -0.3 is 54.8 Å². The minimum Gasteiger partial charge on any atom is -0.508 e. The number of nitrogens with two attached hydrogens (primary N) is 5. The lowest BCUT2D eigenvalue weighted by atomic mass is 10.0. The number of benzene rings is 2. The highest BCUT2D eigenvalue weighted by atomic mass is 16.4. The number of carbonyl (C=O) groups is 4. The van der Waals surface area contributed by atoms with Gasteiger partial charge in [0.15, 0.2) is 11.9 Å². The third kappa shape index (κ3) is 13.9. The van der Waals surface area contributed by atoms with Crippen LogP contribution in [0.3, 0.4) is 0 Å². The number of aliphatic imine (C=N–C) groups is 2.